The van der Waals surface area contributed by atoms with Crippen molar-refractivity contribution < 1.29 is 9.59 Å². The van der Waals surface area contributed by atoms with Gasteiger partial charge in [0.05, 0.1) is 6.54 Å². The van der Waals surface area contributed by atoms with Crippen LogP contribution in [0.4, 0.5) is 0 Å². The summed E-state index contributed by atoms with van der Waals surface area (Å²) in [4.78, 5) is 27.8. The van der Waals surface area contributed by atoms with Gasteiger partial charge >= 0.3 is 0 Å². The Labute approximate surface area is 132 Å². The van der Waals surface area contributed by atoms with Crippen LogP contribution >= 0.6 is 0 Å². The lowest BCUT2D eigenvalue weighted by molar-refractivity contribution is -0.122. The number of nitrogens with zero attached hydrogens (tertiary/aromatic N) is 2. The van der Waals surface area contributed by atoms with Crippen molar-refractivity contribution in [1.29, 1.82) is 0 Å². The van der Waals surface area contributed by atoms with Gasteiger partial charge in [0.25, 0.3) is 5.91 Å². The minimum Gasteiger partial charge on any atom is -0.358 e. The summed E-state index contributed by atoms with van der Waals surface area (Å²) in [5.41, 5.74) is 2.02. The predicted octanol–water partition coefficient (Wildman–Crippen LogP) is 1.14. The number of piperazine rings is 1. The number of nitrogens with one attached hydrogen (secondary N) is 1. The van der Waals surface area contributed by atoms with Crippen molar-refractivity contribution in [1.82, 2.24) is 15.1 Å². The maximum Gasteiger partial charge on any atom is 0.253 e. The van der Waals surface area contributed by atoms with E-state index in [-0.39, 0.29) is 11.8 Å². The van der Waals surface area contributed by atoms with Gasteiger partial charge in [-0.25, -0.2) is 0 Å². The lowest BCUT2D eigenvalue weighted by Gasteiger charge is -2.34. The Bertz CT molecular complexity index is 505. The molecule has 0 aliphatic carbocycles. The van der Waals surface area contributed by atoms with Gasteiger partial charge in [0.2, 0.25) is 5.91 Å². The largest absolute Gasteiger partial charge is 0.358 e. The zero-order valence-corrected chi connectivity index (χ0v) is 13.5. The van der Waals surface area contributed by atoms with Gasteiger partial charge < -0.3 is 10.2 Å². The molecule has 1 fully saturated rings. The smallest absolute Gasteiger partial charge is 0.253 e. The van der Waals surface area contributed by atoms with Crippen LogP contribution in [0.25, 0.3) is 0 Å². The van der Waals surface area contributed by atoms with E-state index in [0.29, 0.717) is 19.6 Å². The summed E-state index contributed by atoms with van der Waals surface area (Å²) in [6.45, 7) is 5.39. The van der Waals surface area contributed by atoms with Crippen molar-refractivity contribution in [3.8, 4) is 0 Å². The molecule has 0 spiro atoms. The second-order valence-corrected chi connectivity index (χ2v) is 5.69. The second kappa shape index (κ2) is 7.94. The highest BCUT2D eigenvalue weighted by Crippen LogP contribution is 2.11. The normalized spacial score (nSPS) is 15.6. The van der Waals surface area contributed by atoms with Crippen LogP contribution in [-0.2, 0) is 11.2 Å². The van der Waals surface area contributed by atoms with E-state index in [2.05, 4.69) is 17.1 Å². The van der Waals surface area contributed by atoms with Gasteiger partial charge in [0.1, 0.15) is 0 Å². The van der Waals surface area contributed by atoms with E-state index in [4.69, 9.17) is 0 Å². The van der Waals surface area contributed by atoms with Crippen molar-refractivity contribution in [2.75, 3.05) is 39.8 Å². The van der Waals surface area contributed by atoms with Crippen molar-refractivity contribution >= 4 is 11.8 Å². The third-order valence-corrected chi connectivity index (χ3v) is 4.05. The zero-order chi connectivity index (χ0) is 15.9. The Morgan fingerprint density at radius 2 is 1.73 bits per heavy atom. The molecule has 1 N–H and O–H groups in total. The van der Waals surface area contributed by atoms with Crippen molar-refractivity contribution in [3.63, 3.8) is 0 Å². The molecule has 5 nitrogen and oxygen atoms in total. The van der Waals surface area contributed by atoms with Crippen LogP contribution in [0.15, 0.2) is 24.3 Å². The summed E-state index contributed by atoms with van der Waals surface area (Å²) < 4.78 is 0. The SMILES string of the molecule is CCCc1ccc(C(=O)N2CCN(CC(=O)NC)CC2)cc1. The molecule has 1 aromatic rings. The molecule has 22 heavy (non-hydrogen) atoms. The number of likely N-dealkylation sites (N-methyl/N-ethyl adjacent to an activating group) is 1. The molecule has 5 heteroatoms. The number of carbonyl (C=O) groups is 2. The molecule has 1 aromatic carbocycles. The van der Waals surface area contributed by atoms with Gasteiger partial charge in [-0.3, -0.25) is 14.5 Å². The lowest BCUT2D eigenvalue weighted by atomic mass is 10.1. The number of hydrogen-bond acceptors (Lipinski definition) is 3. The van der Waals surface area contributed by atoms with E-state index >= 15 is 0 Å². The van der Waals surface area contributed by atoms with Crippen molar-refractivity contribution in [3.05, 3.63) is 35.4 Å². The average Bonchev–Trinajstić information content (AvgIpc) is 2.56. The molecule has 0 saturated carbocycles. The van der Waals surface area contributed by atoms with Crippen LogP contribution in [0.2, 0.25) is 0 Å². The molecular weight excluding hydrogens is 278 g/mol. The molecule has 120 valence electrons. The fraction of sp³-hybridized carbons (Fsp3) is 0.529. The summed E-state index contributed by atoms with van der Waals surface area (Å²) in [6, 6.07) is 7.92. The Hall–Kier alpha value is -1.88. The van der Waals surface area contributed by atoms with Crippen LogP contribution in [-0.4, -0.2) is 61.4 Å². The van der Waals surface area contributed by atoms with Crippen molar-refractivity contribution in [2.45, 2.75) is 19.8 Å². The average molecular weight is 303 g/mol. The van der Waals surface area contributed by atoms with E-state index in [1.54, 1.807) is 7.05 Å². The Kier molecular flexibility index (Phi) is 5.95. The number of rotatable bonds is 5. The lowest BCUT2D eigenvalue weighted by Crippen LogP contribution is -2.50. The predicted molar refractivity (Wildman–Crippen MR) is 86.8 cm³/mol. The number of amides is 2. The van der Waals surface area contributed by atoms with Gasteiger partial charge in [0, 0.05) is 38.8 Å². The first-order valence-corrected chi connectivity index (χ1v) is 7.95. The molecule has 2 amide bonds. The highest BCUT2D eigenvalue weighted by molar-refractivity contribution is 5.94. The fourth-order valence-electron chi connectivity index (χ4n) is 2.68. The van der Waals surface area contributed by atoms with Gasteiger partial charge in [0.15, 0.2) is 0 Å². The Balaban J connectivity index is 1.87. The van der Waals surface area contributed by atoms with E-state index < -0.39 is 0 Å². The fourth-order valence-corrected chi connectivity index (χ4v) is 2.68. The standard InChI is InChI=1S/C17H25N3O2/c1-3-4-14-5-7-15(8-6-14)17(22)20-11-9-19(10-12-20)13-16(21)18-2/h5-8H,3-4,9-13H2,1-2H3,(H,18,21). The third kappa shape index (κ3) is 4.31. The highest BCUT2D eigenvalue weighted by atomic mass is 16.2. The first-order chi connectivity index (χ1) is 10.6. The summed E-state index contributed by atoms with van der Waals surface area (Å²) in [7, 11) is 1.64. The second-order valence-electron chi connectivity index (χ2n) is 5.69. The molecular formula is C17H25N3O2. The van der Waals surface area contributed by atoms with Gasteiger partial charge in [-0.1, -0.05) is 25.5 Å². The molecule has 0 unspecified atom stereocenters. The first-order valence-electron chi connectivity index (χ1n) is 7.95. The summed E-state index contributed by atoms with van der Waals surface area (Å²) in [5.74, 6) is 0.105. The molecule has 0 bridgehead atoms. The minimum atomic E-state index is 0.0197. The molecule has 1 aliphatic rings. The Morgan fingerprint density at radius 3 is 2.27 bits per heavy atom. The summed E-state index contributed by atoms with van der Waals surface area (Å²) >= 11 is 0. The third-order valence-electron chi connectivity index (χ3n) is 4.05. The summed E-state index contributed by atoms with van der Waals surface area (Å²) in [6.07, 6.45) is 2.16. The maximum atomic E-state index is 12.5. The highest BCUT2D eigenvalue weighted by Gasteiger charge is 2.22. The molecule has 0 radical (unpaired) electrons. The topological polar surface area (TPSA) is 52.7 Å². The van der Waals surface area contributed by atoms with E-state index in [9.17, 15) is 9.59 Å². The van der Waals surface area contributed by atoms with Gasteiger partial charge in [-0.2, -0.15) is 0 Å². The molecule has 1 aliphatic heterocycles. The van der Waals surface area contributed by atoms with Crippen LogP contribution in [0.1, 0.15) is 29.3 Å². The van der Waals surface area contributed by atoms with Crippen molar-refractivity contribution in [2.24, 2.45) is 0 Å². The Morgan fingerprint density at radius 1 is 1.09 bits per heavy atom. The molecule has 0 atom stereocenters. The van der Waals surface area contributed by atoms with Crippen LogP contribution in [0, 0.1) is 0 Å². The first kappa shape index (κ1) is 16.5. The summed E-state index contributed by atoms with van der Waals surface area (Å²) in [5, 5.41) is 2.63. The van der Waals surface area contributed by atoms with E-state index in [0.717, 1.165) is 31.5 Å². The number of aryl methyl sites for hydroxylation is 1. The van der Waals surface area contributed by atoms with Crippen LogP contribution < -0.4 is 5.32 Å². The number of carbonyl (C=O) groups excluding carboxylic acids is 2. The van der Waals surface area contributed by atoms with E-state index in [1.165, 1.54) is 5.56 Å². The number of hydrogen-bond donors (Lipinski definition) is 1. The maximum absolute atomic E-state index is 12.5. The zero-order valence-electron chi connectivity index (χ0n) is 13.5. The molecule has 1 saturated heterocycles. The van der Waals surface area contributed by atoms with Crippen LogP contribution in [0.5, 0.6) is 0 Å². The van der Waals surface area contributed by atoms with E-state index in [1.807, 2.05) is 29.2 Å². The minimum absolute atomic E-state index is 0.0197. The van der Waals surface area contributed by atoms with Gasteiger partial charge in [-0.05, 0) is 24.1 Å². The molecule has 2 rings (SSSR count). The number of benzene rings is 1. The van der Waals surface area contributed by atoms with Crippen LogP contribution in [0.3, 0.4) is 0 Å². The van der Waals surface area contributed by atoms with Gasteiger partial charge in [-0.15, -0.1) is 0 Å². The quantitative estimate of drug-likeness (QED) is 0.887. The monoisotopic (exact) mass is 303 g/mol. The molecule has 1 heterocycles. The molecule has 0 aromatic heterocycles.